The van der Waals surface area contributed by atoms with E-state index in [2.05, 4.69) is 36.5 Å². The molecule has 3 rings (SSSR count). The van der Waals surface area contributed by atoms with Gasteiger partial charge in [-0.05, 0) is 42.2 Å². The Bertz CT molecular complexity index is 420. The van der Waals surface area contributed by atoms with Crippen molar-refractivity contribution < 1.29 is 4.74 Å². The molecule has 116 valence electrons. The van der Waals surface area contributed by atoms with Crippen LogP contribution < -0.4 is 5.32 Å². The van der Waals surface area contributed by atoms with Crippen LogP contribution in [0.25, 0.3) is 0 Å². The summed E-state index contributed by atoms with van der Waals surface area (Å²) in [6.45, 7) is 5.09. The van der Waals surface area contributed by atoms with E-state index in [0.717, 1.165) is 31.7 Å². The first-order chi connectivity index (χ1) is 10.3. The van der Waals surface area contributed by atoms with Gasteiger partial charge in [-0.1, -0.05) is 50.5 Å². The molecule has 2 aliphatic carbocycles. The summed E-state index contributed by atoms with van der Waals surface area (Å²) in [6, 6.07) is 9.79. The zero-order chi connectivity index (χ0) is 14.5. The van der Waals surface area contributed by atoms with E-state index in [0.29, 0.717) is 5.92 Å². The zero-order valence-corrected chi connectivity index (χ0v) is 13.3. The van der Waals surface area contributed by atoms with E-state index in [1.165, 1.54) is 49.7 Å². The number of hydrogen-bond donors (Lipinski definition) is 1. The Balaban J connectivity index is 1.35. The first-order valence-electron chi connectivity index (χ1n) is 8.71. The lowest BCUT2D eigenvalue weighted by atomic mass is 9.83. The van der Waals surface area contributed by atoms with Gasteiger partial charge in [-0.2, -0.15) is 0 Å². The van der Waals surface area contributed by atoms with Crippen LogP contribution in [0, 0.1) is 5.92 Å². The van der Waals surface area contributed by atoms with Crippen LogP contribution in [0.3, 0.4) is 0 Å². The average Bonchev–Trinajstić information content (AvgIpc) is 3.27. The highest BCUT2D eigenvalue weighted by molar-refractivity contribution is 5.25. The number of ether oxygens (including phenoxy) is 1. The Morgan fingerprint density at radius 2 is 1.90 bits per heavy atom. The van der Waals surface area contributed by atoms with Crippen LogP contribution in [-0.4, -0.2) is 19.2 Å². The lowest BCUT2D eigenvalue weighted by Gasteiger charge is -2.24. The largest absolute Gasteiger partial charge is 0.377 e. The van der Waals surface area contributed by atoms with Crippen molar-refractivity contribution in [3.8, 4) is 0 Å². The fourth-order valence-corrected chi connectivity index (χ4v) is 2.91. The lowest BCUT2D eigenvalue weighted by molar-refractivity contribution is 0.0950. The van der Waals surface area contributed by atoms with E-state index in [4.69, 9.17) is 4.74 Å². The maximum absolute atomic E-state index is 5.80. The third kappa shape index (κ3) is 4.82. The Morgan fingerprint density at radius 3 is 2.52 bits per heavy atom. The normalized spacial score (nSPS) is 20.2. The number of nitrogens with one attached hydrogen (secondary N) is 1. The Labute approximate surface area is 129 Å². The summed E-state index contributed by atoms with van der Waals surface area (Å²) < 4.78 is 5.80. The molecule has 0 saturated heterocycles. The van der Waals surface area contributed by atoms with Gasteiger partial charge in [-0.25, -0.2) is 0 Å². The van der Waals surface area contributed by atoms with Gasteiger partial charge in [-0.3, -0.25) is 0 Å². The van der Waals surface area contributed by atoms with E-state index in [-0.39, 0.29) is 0 Å². The first kappa shape index (κ1) is 15.1. The third-order valence-electron chi connectivity index (χ3n) is 5.00. The van der Waals surface area contributed by atoms with Crippen LogP contribution in [0.2, 0.25) is 0 Å². The Morgan fingerprint density at radius 1 is 1.14 bits per heavy atom. The smallest absolute Gasteiger partial charge is 0.0716 e. The molecule has 0 bridgehead atoms. The van der Waals surface area contributed by atoms with Gasteiger partial charge in [-0.15, -0.1) is 0 Å². The molecule has 0 radical (unpaired) electrons. The summed E-state index contributed by atoms with van der Waals surface area (Å²) in [5.74, 6) is 1.55. The Kier molecular flexibility index (Phi) is 5.32. The summed E-state index contributed by atoms with van der Waals surface area (Å²) in [7, 11) is 0. The van der Waals surface area contributed by atoms with Crippen LogP contribution in [0.15, 0.2) is 24.3 Å². The van der Waals surface area contributed by atoms with E-state index < -0.39 is 0 Å². The molecule has 0 aromatic heterocycles. The average molecular weight is 287 g/mol. The minimum atomic E-state index is 0.596. The van der Waals surface area contributed by atoms with Crippen molar-refractivity contribution in [1.82, 2.24) is 5.32 Å². The minimum absolute atomic E-state index is 0.596. The molecule has 1 aromatic rings. The predicted octanol–water partition coefficient (Wildman–Crippen LogP) is 4.25. The van der Waals surface area contributed by atoms with Crippen molar-refractivity contribution in [2.75, 3.05) is 13.2 Å². The van der Waals surface area contributed by atoms with Gasteiger partial charge >= 0.3 is 0 Å². The van der Waals surface area contributed by atoms with E-state index in [9.17, 15) is 0 Å². The molecular formula is C19H29NO. The van der Waals surface area contributed by atoms with Crippen molar-refractivity contribution in [3.05, 3.63) is 35.4 Å². The monoisotopic (exact) mass is 287 g/mol. The quantitative estimate of drug-likeness (QED) is 0.686. The molecule has 0 spiro atoms. The molecule has 2 fully saturated rings. The molecule has 1 N–H and O–H groups in total. The van der Waals surface area contributed by atoms with Crippen molar-refractivity contribution in [1.29, 1.82) is 0 Å². The van der Waals surface area contributed by atoms with Crippen molar-refractivity contribution in [2.24, 2.45) is 5.92 Å². The van der Waals surface area contributed by atoms with Crippen molar-refractivity contribution in [3.63, 3.8) is 0 Å². The second-order valence-corrected chi connectivity index (χ2v) is 6.96. The highest BCUT2D eigenvalue weighted by Gasteiger charge is 2.21. The molecule has 1 aromatic carbocycles. The molecule has 0 aliphatic heterocycles. The second-order valence-electron chi connectivity index (χ2n) is 6.96. The van der Waals surface area contributed by atoms with Crippen LogP contribution in [0.1, 0.15) is 62.5 Å². The van der Waals surface area contributed by atoms with E-state index in [1.54, 1.807) is 0 Å². The molecule has 21 heavy (non-hydrogen) atoms. The fraction of sp³-hybridized carbons (Fsp3) is 0.684. The standard InChI is InChI=1S/C19H29NO/c1-15(13-20-19-9-10-19)18-7-5-17(6-8-18)14-21-12-11-16-3-2-4-16/h5-8,15-16,19-20H,2-4,9-14H2,1H3. The highest BCUT2D eigenvalue weighted by atomic mass is 16.5. The van der Waals surface area contributed by atoms with Gasteiger partial charge in [0.2, 0.25) is 0 Å². The third-order valence-corrected chi connectivity index (χ3v) is 5.00. The maximum atomic E-state index is 5.80. The minimum Gasteiger partial charge on any atom is -0.377 e. The summed E-state index contributed by atoms with van der Waals surface area (Å²) in [5.41, 5.74) is 2.73. The zero-order valence-electron chi connectivity index (χ0n) is 13.3. The fourth-order valence-electron chi connectivity index (χ4n) is 2.91. The number of rotatable bonds is 9. The maximum Gasteiger partial charge on any atom is 0.0716 e. The molecule has 2 nitrogen and oxygen atoms in total. The predicted molar refractivity (Wildman–Crippen MR) is 87.5 cm³/mol. The molecule has 2 aliphatic rings. The summed E-state index contributed by atoms with van der Waals surface area (Å²) in [5, 5.41) is 3.61. The molecule has 0 heterocycles. The van der Waals surface area contributed by atoms with Crippen LogP contribution >= 0.6 is 0 Å². The molecule has 1 atom stereocenters. The SMILES string of the molecule is CC(CNC1CC1)c1ccc(COCCC2CCC2)cc1. The van der Waals surface area contributed by atoms with Crippen LogP contribution in [0.5, 0.6) is 0 Å². The van der Waals surface area contributed by atoms with Crippen LogP contribution in [-0.2, 0) is 11.3 Å². The number of hydrogen-bond acceptors (Lipinski definition) is 2. The second kappa shape index (κ2) is 7.42. The summed E-state index contributed by atoms with van der Waals surface area (Å²) in [6.07, 6.45) is 8.26. The number of benzene rings is 1. The lowest BCUT2D eigenvalue weighted by Crippen LogP contribution is -2.22. The summed E-state index contributed by atoms with van der Waals surface area (Å²) in [4.78, 5) is 0. The Hall–Kier alpha value is -0.860. The molecule has 1 unspecified atom stereocenters. The van der Waals surface area contributed by atoms with Crippen molar-refractivity contribution >= 4 is 0 Å². The van der Waals surface area contributed by atoms with Gasteiger partial charge in [0.25, 0.3) is 0 Å². The summed E-state index contributed by atoms with van der Waals surface area (Å²) >= 11 is 0. The van der Waals surface area contributed by atoms with Gasteiger partial charge < -0.3 is 10.1 Å². The van der Waals surface area contributed by atoms with Gasteiger partial charge in [0.15, 0.2) is 0 Å². The molecule has 2 heteroatoms. The van der Waals surface area contributed by atoms with Crippen LogP contribution in [0.4, 0.5) is 0 Å². The highest BCUT2D eigenvalue weighted by Crippen LogP contribution is 2.29. The van der Waals surface area contributed by atoms with Crippen molar-refractivity contribution in [2.45, 2.75) is 64.0 Å². The topological polar surface area (TPSA) is 21.3 Å². The molecule has 2 saturated carbocycles. The first-order valence-corrected chi connectivity index (χ1v) is 8.71. The molecule has 0 amide bonds. The van der Waals surface area contributed by atoms with Gasteiger partial charge in [0.1, 0.15) is 0 Å². The van der Waals surface area contributed by atoms with E-state index >= 15 is 0 Å². The van der Waals surface area contributed by atoms with Gasteiger partial charge in [0, 0.05) is 19.2 Å². The van der Waals surface area contributed by atoms with Gasteiger partial charge in [0.05, 0.1) is 6.61 Å². The van der Waals surface area contributed by atoms with E-state index in [1.807, 2.05) is 0 Å². The molecular weight excluding hydrogens is 258 g/mol.